The van der Waals surface area contributed by atoms with E-state index in [0.717, 1.165) is 24.3 Å². The maximum absolute atomic E-state index is 12.2. The van der Waals surface area contributed by atoms with Gasteiger partial charge in [-0.15, -0.1) is 0 Å². The molecule has 27 heteroatoms. The molecule has 6 N–H and O–H groups in total. The predicted molar refractivity (Wildman–Crippen MR) is 239 cm³/mol. The predicted octanol–water partition coefficient (Wildman–Crippen LogP) is 6.05. The van der Waals surface area contributed by atoms with Crippen LogP contribution in [0.15, 0.2) is 158 Å². The number of aliphatic hydroxyl groups excluding tert-OH is 1. The van der Waals surface area contributed by atoms with Crippen LogP contribution in [0, 0.1) is 0 Å². The fraction of sp³-hybridized carbons (Fsp3) is 0.154. The Kier molecular flexibility index (Phi) is 13.1. The SMILES string of the molecule is CC1=CC(=Nc2nc(N=C3C=C[C@H](N=Nc4cc(S(=O)(=O)O)c5cccc(S(=O)(=O)O)c5c4)C(C)=C3)nc(NCCO)n2)C=C[C@@H]1N=Nc1cc(S(=O)(=O)O)c2cccc(S(=O)(=O)O)c2c1. The van der Waals surface area contributed by atoms with Crippen molar-refractivity contribution < 1.29 is 57.0 Å². The third kappa shape index (κ3) is 10.9. The van der Waals surface area contributed by atoms with E-state index < -0.39 is 72.1 Å². The lowest BCUT2D eigenvalue weighted by Gasteiger charge is -2.13. The van der Waals surface area contributed by atoms with Gasteiger partial charge in [-0.1, -0.05) is 36.4 Å². The lowest BCUT2D eigenvalue weighted by molar-refractivity contribution is 0.310. The zero-order chi connectivity index (χ0) is 47.8. The van der Waals surface area contributed by atoms with Crippen LogP contribution in [-0.4, -0.2) is 109 Å². The first kappa shape index (κ1) is 47.3. The first-order chi connectivity index (χ1) is 31.0. The second-order valence-corrected chi connectivity index (χ2v) is 19.8. The van der Waals surface area contributed by atoms with Gasteiger partial charge in [0.05, 0.1) is 29.4 Å². The topological polar surface area (TPSA) is 363 Å². The molecule has 66 heavy (non-hydrogen) atoms. The summed E-state index contributed by atoms with van der Waals surface area (Å²) in [5, 5.41) is 28.2. The van der Waals surface area contributed by atoms with Gasteiger partial charge in [-0.3, -0.25) is 18.2 Å². The van der Waals surface area contributed by atoms with E-state index in [1.54, 1.807) is 50.3 Å². The Hall–Kier alpha value is -6.69. The molecule has 5 aromatic rings. The number of aromatic nitrogens is 3. The fourth-order valence-corrected chi connectivity index (χ4v) is 9.46. The number of hydrogen-bond donors (Lipinski definition) is 6. The van der Waals surface area contributed by atoms with Crippen LogP contribution in [-0.2, 0) is 40.5 Å². The molecule has 0 fully saturated rings. The maximum atomic E-state index is 12.2. The number of aliphatic imine (C=N–C) groups is 2. The molecule has 0 aliphatic heterocycles. The minimum Gasteiger partial charge on any atom is -0.395 e. The number of anilines is 1. The summed E-state index contributed by atoms with van der Waals surface area (Å²) in [6, 6.07) is 10.1. The van der Waals surface area contributed by atoms with Crippen molar-refractivity contribution in [2.75, 3.05) is 18.5 Å². The van der Waals surface area contributed by atoms with Crippen molar-refractivity contribution in [3.8, 4) is 0 Å². The summed E-state index contributed by atoms with van der Waals surface area (Å²) in [5.74, 6) is -0.132. The van der Waals surface area contributed by atoms with Gasteiger partial charge in [-0.05, 0) is 85.7 Å². The maximum Gasteiger partial charge on any atom is 0.295 e. The number of aliphatic hydroxyl groups is 1. The zero-order valence-corrected chi connectivity index (χ0v) is 37.2. The van der Waals surface area contributed by atoms with Gasteiger partial charge < -0.3 is 10.4 Å². The van der Waals surface area contributed by atoms with Crippen molar-refractivity contribution in [2.24, 2.45) is 30.4 Å². The molecule has 0 saturated heterocycles. The summed E-state index contributed by atoms with van der Waals surface area (Å²) in [7, 11) is -19.3. The van der Waals surface area contributed by atoms with Gasteiger partial charge in [0.15, 0.2) is 0 Å². The second kappa shape index (κ2) is 18.3. The van der Waals surface area contributed by atoms with Crippen molar-refractivity contribution in [2.45, 2.75) is 45.5 Å². The molecular formula is C39H34N10O13S4. The van der Waals surface area contributed by atoms with Crippen LogP contribution >= 0.6 is 0 Å². The van der Waals surface area contributed by atoms with Gasteiger partial charge in [-0.25, -0.2) is 9.98 Å². The molecule has 1 heterocycles. The van der Waals surface area contributed by atoms with E-state index >= 15 is 0 Å². The van der Waals surface area contributed by atoms with Crippen LogP contribution in [0.3, 0.4) is 0 Å². The molecule has 0 amide bonds. The molecule has 7 rings (SSSR count). The third-order valence-electron chi connectivity index (χ3n) is 9.56. The second-order valence-electron chi connectivity index (χ2n) is 14.3. The highest BCUT2D eigenvalue weighted by molar-refractivity contribution is 7.87. The highest BCUT2D eigenvalue weighted by Crippen LogP contribution is 2.35. The summed E-state index contributed by atoms with van der Waals surface area (Å²) >= 11 is 0. The Morgan fingerprint density at radius 1 is 0.561 bits per heavy atom. The number of benzene rings is 4. The smallest absolute Gasteiger partial charge is 0.295 e. The monoisotopic (exact) mass is 978 g/mol. The molecule has 0 bridgehead atoms. The number of fused-ring (bicyclic) bond motifs is 2. The fourth-order valence-electron chi connectivity index (χ4n) is 6.62. The number of nitrogens with zero attached hydrogens (tertiary/aromatic N) is 9. The number of rotatable bonds is 13. The summed E-state index contributed by atoms with van der Waals surface area (Å²) < 4.78 is 136. The Morgan fingerprint density at radius 2 is 0.970 bits per heavy atom. The molecule has 4 aromatic carbocycles. The van der Waals surface area contributed by atoms with E-state index in [-0.39, 0.29) is 63.9 Å². The summed E-state index contributed by atoms with van der Waals surface area (Å²) in [6.45, 7) is 3.23. The minimum absolute atomic E-state index is 0.0330. The van der Waals surface area contributed by atoms with Crippen LogP contribution in [0.1, 0.15) is 13.8 Å². The molecule has 0 unspecified atom stereocenters. The molecule has 2 atom stereocenters. The van der Waals surface area contributed by atoms with E-state index in [2.05, 4.69) is 50.7 Å². The average molecular weight is 979 g/mol. The molecule has 0 spiro atoms. The van der Waals surface area contributed by atoms with Crippen molar-refractivity contribution in [3.05, 3.63) is 108 Å². The lowest BCUT2D eigenvalue weighted by Crippen LogP contribution is -2.11. The van der Waals surface area contributed by atoms with E-state index in [1.807, 2.05) is 0 Å². The molecule has 342 valence electrons. The van der Waals surface area contributed by atoms with Crippen molar-refractivity contribution in [1.29, 1.82) is 0 Å². The van der Waals surface area contributed by atoms with Crippen LogP contribution in [0.5, 0.6) is 0 Å². The van der Waals surface area contributed by atoms with Gasteiger partial charge in [0.2, 0.25) is 5.95 Å². The van der Waals surface area contributed by atoms with E-state index in [0.29, 0.717) is 22.6 Å². The zero-order valence-electron chi connectivity index (χ0n) is 34.0. The highest BCUT2D eigenvalue weighted by atomic mass is 32.2. The molecule has 1 aromatic heterocycles. The van der Waals surface area contributed by atoms with Crippen LogP contribution < -0.4 is 5.32 Å². The quantitative estimate of drug-likeness (QED) is 0.0577. The van der Waals surface area contributed by atoms with Crippen molar-refractivity contribution in [1.82, 2.24) is 15.0 Å². The van der Waals surface area contributed by atoms with E-state index in [9.17, 15) is 57.0 Å². The van der Waals surface area contributed by atoms with Crippen LogP contribution in [0.4, 0.5) is 29.2 Å². The summed E-state index contributed by atoms with van der Waals surface area (Å²) in [6.07, 6.45) is 9.65. The minimum atomic E-state index is -4.87. The Labute approximate surface area is 375 Å². The first-order valence-corrected chi connectivity index (χ1v) is 24.6. The number of nitrogens with one attached hydrogen (secondary N) is 1. The lowest BCUT2D eigenvalue weighted by atomic mass is 10.0. The molecule has 23 nitrogen and oxygen atoms in total. The number of azo groups is 2. The third-order valence-corrected chi connectivity index (χ3v) is 13.2. The molecule has 2 aliphatic rings. The highest BCUT2D eigenvalue weighted by Gasteiger charge is 2.24. The molecule has 2 aliphatic carbocycles. The van der Waals surface area contributed by atoms with Crippen LogP contribution in [0.2, 0.25) is 0 Å². The molecule has 0 saturated carbocycles. The van der Waals surface area contributed by atoms with Gasteiger partial charge >= 0.3 is 0 Å². The van der Waals surface area contributed by atoms with Crippen molar-refractivity contribution in [3.63, 3.8) is 0 Å². The molecular weight excluding hydrogens is 945 g/mol. The Balaban J connectivity index is 1.13. The summed E-state index contributed by atoms with van der Waals surface area (Å²) in [4.78, 5) is 19.5. The molecule has 0 radical (unpaired) electrons. The standard InChI is InChI=1S/C39H34N10O13S4/c1-21-15-23(9-11-31(21)48-46-25-17-29-27(35(19-25)65(57,58)59)5-3-7-33(29)63(51,52)53)41-38-43-37(40-13-14-50)44-39(45-38)42-24-10-12-32(22(2)16-24)49-47-26-18-30-28(36(20-26)66(60,61)62)6-4-8-34(30)64(54,55)56/h3-12,15-20,31-32,50H,13-14H2,1-2H3,(H,51,52,53)(H,54,55,56)(H,57,58,59)(H,60,61,62)(H,40,43,44,45)/t31-,32-/m0/s1. The van der Waals surface area contributed by atoms with Gasteiger partial charge in [0, 0.05) is 28.1 Å². The van der Waals surface area contributed by atoms with Crippen molar-refractivity contribution >= 4 is 103 Å². The average Bonchev–Trinajstić information content (AvgIpc) is 3.22. The Morgan fingerprint density at radius 3 is 1.33 bits per heavy atom. The van der Waals surface area contributed by atoms with E-state index in [4.69, 9.17) is 0 Å². The normalized spacial score (nSPS) is 18.5. The largest absolute Gasteiger partial charge is 0.395 e. The van der Waals surface area contributed by atoms with Crippen LogP contribution in [0.25, 0.3) is 21.5 Å². The first-order valence-electron chi connectivity index (χ1n) is 18.8. The van der Waals surface area contributed by atoms with Gasteiger partial charge in [0.1, 0.15) is 31.7 Å². The Bertz CT molecular complexity index is 3340. The summed E-state index contributed by atoms with van der Waals surface area (Å²) in [5.41, 5.74) is 1.65. The number of allylic oxidation sites excluding steroid dienone is 4. The van der Waals surface area contributed by atoms with Gasteiger partial charge in [-0.2, -0.15) is 69.1 Å². The van der Waals surface area contributed by atoms with Gasteiger partial charge in [0.25, 0.3) is 52.4 Å². The van der Waals surface area contributed by atoms with E-state index in [1.165, 1.54) is 36.4 Å². The number of hydrogen-bond acceptors (Lipinski definition) is 19.